The topological polar surface area (TPSA) is 78.6 Å². The number of aliphatic imine (C=N–C) groups is 1. The molecular weight excluding hydrogens is 303 g/mol. The largest absolute Gasteiger partial charge is 0.867 e. The zero-order chi connectivity index (χ0) is 14.7. The molecule has 0 heterocycles. The third kappa shape index (κ3) is 2.89. The predicted octanol–water partition coefficient (Wildman–Crippen LogP) is 3.73. The van der Waals surface area contributed by atoms with Gasteiger partial charge in [0.05, 0.1) is 20.7 Å². The van der Waals surface area contributed by atoms with Crippen LogP contribution in [0.1, 0.15) is 5.56 Å². The predicted molar refractivity (Wildman–Crippen MR) is 76.3 cm³/mol. The van der Waals surface area contributed by atoms with E-state index in [1.54, 1.807) is 18.2 Å². The first-order chi connectivity index (χ1) is 9.50. The first kappa shape index (κ1) is 14.3. The molecule has 2 aromatic carbocycles. The van der Waals surface area contributed by atoms with Gasteiger partial charge in [-0.05, 0) is 23.4 Å². The number of halogens is 2. The molecule has 2 aromatic rings. The second-order valence-electron chi connectivity index (χ2n) is 3.78. The van der Waals surface area contributed by atoms with Gasteiger partial charge in [-0.15, -0.1) is 0 Å². The number of rotatable bonds is 3. The number of benzene rings is 2. The van der Waals surface area contributed by atoms with E-state index in [-0.39, 0.29) is 10.6 Å². The molecule has 0 atom stereocenters. The molecule has 20 heavy (non-hydrogen) atoms. The van der Waals surface area contributed by atoms with Gasteiger partial charge in [0.25, 0.3) is 5.69 Å². The van der Waals surface area contributed by atoms with E-state index in [0.29, 0.717) is 10.7 Å². The molecule has 2 rings (SSSR count). The molecule has 0 fully saturated rings. The number of hydrogen-bond acceptors (Lipinski definition) is 4. The van der Waals surface area contributed by atoms with Gasteiger partial charge in [0.1, 0.15) is 0 Å². The van der Waals surface area contributed by atoms with Crippen molar-refractivity contribution in [2.24, 2.45) is 4.99 Å². The number of nitrogens with zero attached hydrogens (tertiary/aromatic N) is 2. The number of nitro groups is 1. The van der Waals surface area contributed by atoms with E-state index in [0.717, 1.165) is 6.07 Å². The summed E-state index contributed by atoms with van der Waals surface area (Å²) < 4.78 is 0. The molecule has 0 aliphatic carbocycles. The Kier molecular flexibility index (Phi) is 4.22. The van der Waals surface area contributed by atoms with Crippen LogP contribution in [0.2, 0.25) is 10.0 Å². The Bertz CT molecular complexity index is 702. The maximum atomic E-state index is 11.8. The van der Waals surface area contributed by atoms with E-state index >= 15 is 0 Å². The van der Waals surface area contributed by atoms with Gasteiger partial charge < -0.3 is 5.11 Å². The van der Waals surface area contributed by atoms with Crippen LogP contribution >= 0.6 is 23.2 Å². The normalized spacial score (nSPS) is 10.9. The Morgan fingerprint density at radius 3 is 2.55 bits per heavy atom. The SMILES string of the molecule is O=[N+]([O-])c1cccc(C=Nc2cccc(Cl)c2Cl)c1[O-]. The van der Waals surface area contributed by atoms with Crippen LogP contribution in [-0.2, 0) is 0 Å². The van der Waals surface area contributed by atoms with Crippen molar-refractivity contribution >= 4 is 40.8 Å². The van der Waals surface area contributed by atoms with E-state index in [1.165, 1.54) is 18.3 Å². The molecule has 7 heteroatoms. The van der Waals surface area contributed by atoms with Crippen molar-refractivity contribution in [3.05, 3.63) is 62.1 Å². The highest BCUT2D eigenvalue weighted by Gasteiger charge is 2.08. The van der Waals surface area contributed by atoms with E-state index < -0.39 is 16.4 Å². The Labute approximate surface area is 124 Å². The van der Waals surface area contributed by atoms with Gasteiger partial charge in [0.2, 0.25) is 0 Å². The lowest BCUT2D eigenvalue weighted by Crippen LogP contribution is -2.01. The van der Waals surface area contributed by atoms with Crippen molar-refractivity contribution in [2.75, 3.05) is 0 Å². The molecule has 0 aromatic heterocycles. The number of para-hydroxylation sites is 1. The van der Waals surface area contributed by atoms with Crippen LogP contribution in [0, 0.1) is 10.1 Å². The van der Waals surface area contributed by atoms with Gasteiger partial charge in [0.15, 0.2) is 0 Å². The van der Waals surface area contributed by atoms with Crippen LogP contribution in [0.3, 0.4) is 0 Å². The van der Waals surface area contributed by atoms with Crippen LogP contribution in [0.5, 0.6) is 5.75 Å². The minimum Gasteiger partial charge on any atom is -0.867 e. The quantitative estimate of drug-likeness (QED) is 0.492. The fourth-order valence-electron chi connectivity index (χ4n) is 1.52. The molecule has 0 aliphatic rings. The highest BCUT2D eigenvalue weighted by atomic mass is 35.5. The first-order valence-corrected chi connectivity index (χ1v) is 6.19. The van der Waals surface area contributed by atoms with Crippen LogP contribution in [0.25, 0.3) is 0 Å². The van der Waals surface area contributed by atoms with Crippen molar-refractivity contribution in [3.63, 3.8) is 0 Å². The molecule has 0 unspecified atom stereocenters. The lowest BCUT2D eigenvalue weighted by molar-refractivity contribution is -0.398. The molecule has 0 saturated carbocycles. The Morgan fingerprint density at radius 1 is 1.15 bits per heavy atom. The van der Waals surface area contributed by atoms with Crippen molar-refractivity contribution < 1.29 is 10.0 Å². The lowest BCUT2D eigenvalue weighted by atomic mass is 10.2. The minimum absolute atomic E-state index is 0.107. The van der Waals surface area contributed by atoms with Gasteiger partial charge in [-0.3, -0.25) is 15.1 Å². The first-order valence-electron chi connectivity index (χ1n) is 5.43. The molecule has 5 nitrogen and oxygen atoms in total. The van der Waals surface area contributed by atoms with Crippen LogP contribution in [-0.4, -0.2) is 11.1 Å². The average Bonchev–Trinajstić information content (AvgIpc) is 2.41. The van der Waals surface area contributed by atoms with Gasteiger partial charge in [0, 0.05) is 12.3 Å². The maximum absolute atomic E-state index is 11.8. The minimum atomic E-state index is -0.730. The van der Waals surface area contributed by atoms with E-state index in [2.05, 4.69) is 4.99 Å². The lowest BCUT2D eigenvalue weighted by Gasteiger charge is -2.09. The molecule has 0 radical (unpaired) electrons. The van der Waals surface area contributed by atoms with Crippen LogP contribution in [0.15, 0.2) is 41.4 Å². The zero-order valence-electron chi connectivity index (χ0n) is 9.92. The molecule has 0 aliphatic heterocycles. The Morgan fingerprint density at radius 2 is 1.85 bits per heavy atom. The van der Waals surface area contributed by atoms with Gasteiger partial charge in [-0.2, -0.15) is 0 Å². The molecule has 0 bridgehead atoms. The molecular formula is C13H7Cl2N2O3-. The number of hydrogen-bond donors (Lipinski definition) is 0. The summed E-state index contributed by atoms with van der Waals surface area (Å²) in [6.45, 7) is 0. The van der Waals surface area contributed by atoms with Crippen molar-refractivity contribution in [2.45, 2.75) is 0 Å². The summed E-state index contributed by atoms with van der Waals surface area (Å²) in [5.41, 5.74) is -0.00791. The summed E-state index contributed by atoms with van der Waals surface area (Å²) in [6.07, 6.45) is 1.23. The van der Waals surface area contributed by atoms with E-state index in [4.69, 9.17) is 23.2 Å². The summed E-state index contributed by atoms with van der Waals surface area (Å²) in [4.78, 5) is 14.0. The Hall–Kier alpha value is -2.11. The van der Waals surface area contributed by atoms with Gasteiger partial charge in [-0.1, -0.05) is 41.4 Å². The monoisotopic (exact) mass is 309 g/mol. The number of nitro benzene ring substituents is 1. The summed E-state index contributed by atoms with van der Waals surface area (Å²) in [5.74, 6) is -0.695. The van der Waals surface area contributed by atoms with Crippen molar-refractivity contribution in [1.29, 1.82) is 0 Å². The van der Waals surface area contributed by atoms with Crippen LogP contribution < -0.4 is 5.11 Å². The van der Waals surface area contributed by atoms with E-state index in [9.17, 15) is 15.2 Å². The Balaban J connectivity index is 2.40. The third-order valence-electron chi connectivity index (χ3n) is 2.50. The van der Waals surface area contributed by atoms with Crippen LogP contribution in [0.4, 0.5) is 11.4 Å². The summed E-state index contributed by atoms with van der Waals surface area (Å²) >= 11 is 11.8. The van der Waals surface area contributed by atoms with Gasteiger partial charge >= 0.3 is 0 Å². The smallest absolute Gasteiger partial charge is 0.262 e. The summed E-state index contributed by atoms with van der Waals surface area (Å²) in [6, 6.07) is 8.89. The molecule has 0 N–H and O–H groups in total. The molecule has 0 saturated heterocycles. The molecule has 0 spiro atoms. The van der Waals surface area contributed by atoms with Crippen molar-refractivity contribution in [3.8, 4) is 5.75 Å². The third-order valence-corrected chi connectivity index (χ3v) is 3.30. The standard InChI is InChI=1S/C13H8Cl2N2O3/c14-9-4-2-5-10(12(9)15)16-7-8-3-1-6-11(13(8)18)17(19)20/h1-7,18H/p-1. The summed E-state index contributed by atoms with van der Waals surface area (Å²) in [5, 5.41) is 23.0. The van der Waals surface area contributed by atoms with E-state index in [1.807, 2.05) is 0 Å². The second-order valence-corrected chi connectivity index (χ2v) is 4.57. The highest BCUT2D eigenvalue weighted by molar-refractivity contribution is 6.43. The fourth-order valence-corrected chi connectivity index (χ4v) is 1.86. The molecule has 102 valence electrons. The maximum Gasteiger partial charge on any atom is 0.262 e. The van der Waals surface area contributed by atoms with Gasteiger partial charge in [-0.25, -0.2) is 0 Å². The second kappa shape index (κ2) is 5.90. The molecule has 0 amide bonds. The summed E-state index contributed by atoms with van der Waals surface area (Å²) in [7, 11) is 0. The average molecular weight is 310 g/mol. The highest BCUT2D eigenvalue weighted by Crippen LogP contribution is 2.32. The zero-order valence-corrected chi connectivity index (χ0v) is 11.4. The fraction of sp³-hybridized carbons (Fsp3) is 0. The van der Waals surface area contributed by atoms with Crippen molar-refractivity contribution in [1.82, 2.24) is 0 Å².